The van der Waals surface area contributed by atoms with Crippen LogP contribution in [0.2, 0.25) is 0 Å². The summed E-state index contributed by atoms with van der Waals surface area (Å²) in [6.07, 6.45) is 2.24. The maximum atomic E-state index is 12.1. The zero-order chi connectivity index (χ0) is 15.2. The predicted octanol–water partition coefficient (Wildman–Crippen LogP) is 1.69. The van der Waals surface area contributed by atoms with E-state index < -0.39 is 0 Å². The molecule has 2 rings (SSSR count). The first-order chi connectivity index (χ1) is 10.2. The molecule has 2 aromatic heterocycles. The number of hydrogen-bond acceptors (Lipinski definition) is 6. The minimum atomic E-state index is -0.181. The molecule has 0 fully saturated rings. The van der Waals surface area contributed by atoms with Crippen molar-refractivity contribution in [2.75, 3.05) is 6.54 Å². The average molecular weight is 308 g/mol. The number of amides is 1. The van der Waals surface area contributed by atoms with Crippen LogP contribution in [-0.2, 0) is 25.8 Å². The molecule has 0 saturated carbocycles. The van der Waals surface area contributed by atoms with E-state index in [-0.39, 0.29) is 5.91 Å². The van der Waals surface area contributed by atoms with Crippen molar-refractivity contribution in [2.45, 2.75) is 39.7 Å². The minimum Gasteiger partial charge on any atom is -0.361 e. The monoisotopic (exact) mass is 308 g/mol. The van der Waals surface area contributed by atoms with E-state index in [9.17, 15) is 4.79 Å². The molecule has 2 aromatic rings. The number of nitrogens with one attached hydrogen (secondary N) is 1. The van der Waals surface area contributed by atoms with Crippen LogP contribution in [0.25, 0.3) is 0 Å². The maximum Gasteiger partial charge on any atom is 0.271 e. The van der Waals surface area contributed by atoms with Crippen molar-refractivity contribution in [1.29, 1.82) is 0 Å². The highest BCUT2D eigenvalue weighted by molar-refractivity contribution is 7.09. The fraction of sp³-hybridized carbons (Fsp3) is 0.500. The summed E-state index contributed by atoms with van der Waals surface area (Å²) in [4.78, 5) is 16.4. The molecule has 21 heavy (non-hydrogen) atoms. The van der Waals surface area contributed by atoms with Crippen molar-refractivity contribution in [3.63, 3.8) is 0 Å². The van der Waals surface area contributed by atoms with Crippen LogP contribution in [0.5, 0.6) is 0 Å². The number of carbonyl (C=O) groups is 1. The summed E-state index contributed by atoms with van der Waals surface area (Å²) in [5.41, 5.74) is 7.80. The topological polar surface area (TPSA) is 94.0 Å². The van der Waals surface area contributed by atoms with Crippen molar-refractivity contribution in [3.8, 4) is 0 Å². The van der Waals surface area contributed by atoms with Crippen LogP contribution < -0.4 is 11.1 Å². The standard InChI is InChI=1S/C14H20N4O2S/c1-3-10-9(12(4-2)20-18-10)7-16-14(19)11-8-21-13(17-11)5-6-15/h8H,3-7,15H2,1-2H3,(H,16,19). The van der Waals surface area contributed by atoms with Crippen LogP contribution >= 0.6 is 11.3 Å². The lowest BCUT2D eigenvalue weighted by molar-refractivity contribution is 0.0946. The molecule has 0 radical (unpaired) electrons. The first kappa shape index (κ1) is 15.7. The summed E-state index contributed by atoms with van der Waals surface area (Å²) in [6.45, 7) is 4.97. The molecule has 0 saturated heterocycles. The van der Waals surface area contributed by atoms with Crippen molar-refractivity contribution >= 4 is 17.2 Å². The number of aryl methyl sites for hydroxylation is 2. The minimum absolute atomic E-state index is 0.181. The van der Waals surface area contributed by atoms with Crippen LogP contribution in [0.3, 0.4) is 0 Å². The van der Waals surface area contributed by atoms with Crippen molar-refractivity contribution in [3.05, 3.63) is 33.1 Å². The molecular formula is C14H20N4O2S. The van der Waals surface area contributed by atoms with Crippen molar-refractivity contribution in [2.24, 2.45) is 5.73 Å². The number of rotatable bonds is 7. The molecular weight excluding hydrogens is 288 g/mol. The van der Waals surface area contributed by atoms with Gasteiger partial charge in [0.1, 0.15) is 11.5 Å². The van der Waals surface area contributed by atoms with E-state index in [2.05, 4.69) is 15.5 Å². The fourth-order valence-corrected chi connectivity index (χ4v) is 2.84. The molecule has 0 spiro atoms. The summed E-state index contributed by atoms with van der Waals surface area (Å²) < 4.78 is 5.28. The van der Waals surface area contributed by atoms with E-state index in [1.54, 1.807) is 5.38 Å². The van der Waals surface area contributed by atoms with E-state index in [0.717, 1.165) is 34.9 Å². The number of aromatic nitrogens is 2. The van der Waals surface area contributed by atoms with Gasteiger partial charge >= 0.3 is 0 Å². The normalized spacial score (nSPS) is 10.8. The highest BCUT2D eigenvalue weighted by atomic mass is 32.1. The molecule has 114 valence electrons. The third-order valence-corrected chi connectivity index (χ3v) is 4.08. The van der Waals surface area contributed by atoms with E-state index in [4.69, 9.17) is 10.3 Å². The molecule has 0 aliphatic carbocycles. The first-order valence-electron chi connectivity index (χ1n) is 7.08. The molecule has 0 atom stereocenters. The van der Waals surface area contributed by atoms with Gasteiger partial charge in [-0.15, -0.1) is 11.3 Å². The Morgan fingerprint density at radius 2 is 2.24 bits per heavy atom. The van der Waals surface area contributed by atoms with E-state index in [1.807, 2.05) is 13.8 Å². The summed E-state index contributed by atoms with van der Waals surface area (Å²) in [5, 5.41) is 9.56. The van der Waals surface area contributed by atoms with Gasteiger partial charge in [0.05, 0.1) is 10.7 Å². The quantitative estimate of drug-likeness (QED) is 0.811. The summed E-state index contributed by atoms with van der Waals surface area (Å²) in [6, 6.07) is 0. The second kappa shape index (κ2) is 7.33. The van der Waals surface area contributed by atoms with Crippen LogP contribution in [0.15, 0.2) is 9.90 Å². The molecule has 0 bridgehead atoms. The van der Waals surface area contributed by atoms with Gasteiger partial charge in [-0.25, -0.2) is 4.98 Å². The van der Waals surface area contributed by atoms with Gasteiger partial charge in [-0.1, -0.05) is 19.0 Å². The van der Waals surface area contributed by atoms with Gasteiger partial charge in [-0.3, -0.25) is 4.79 Å². The molecule has 0 aliphatic rings. The van der Waals surface area contributed by atoms with E-state index in [1.165, 1.54) is 11.3 Å². The SMILES string of the molecule is CCc1noc(CC)c1CNC(=O)c1csc(CCN)n1. The Balaban J connectivity index is 2.01. The second-order valence-corrected chi connectivity index (χ2v) is 5.53. The van der Waals surface area contributed by atoms with Crippen LogP contribution in [0.4, 0.5) is 0 Å². The van der Waals surface area contributed by atoms with Crippen molar-refractivity contribution in [1.82, 2.24) is 15.5 Å². The molecule has 7 heteroatoms. The van der Waals surface area contributed by atoms with Gasteiger partial charge in [0.15, 0.2) is 0 Å². The molecule has 2 heterocycles. The van der Waals surface area contributed by atoms with Crippen LogP contribution in [0, 0.1) is 0 Å². The fourth-order valence-electron chi connectivity index (χ4n) is 2.05. The highest BCUT2D eigenvalue weighted by Crippen LogP contribution is 2.16. The van der Waals surface area contributed by atoms with Gasteiger partial charge in [-0.2, -0.15) is 0 Å². The Morgan fingerprint density at radius 3 is 2.90 bits per heavy atom. The molecule has 0 unspecified atom stereocenters. The molecule has 6 nitrogen and oxygen atoms in total. The largest absolute Gasteiger partial charge is 0.361 e. The van der Waals surface area contributed by atoms with Gasteiger partial charge in [0.2, 0.25) is 0 Å². The number of nitrogens with zero attached hydrogens (tertiary/aromatic N) is 2. The Kier molecular flexibility index (Phi) is 5.46. The van der Waals surface area contributed by atoms with Gasteiger partial charge < -0.3 is 15.6 Å². The zero-order valence-electron chi connectivity index (χ0n) is 12.3. The van der Waals surface area contributed by atoms with Gasteiger partial charge in [-0.05, 0) is 13.0 Å². The Bertz CT molecular complexity index is 584. The van der Waals surface area contributed by atoms with E-state index in [0.29, 0.717) is 25.2 Å². The van der Waals surface area contributed by atoms with Crippen LogP contribution in [0.1, 0.15) is 46.4 Å². The number of hydrogen-bond donors (Lipinski definition) is 2. The summed E-state index contributed by atoms with van der Waals surface area (Å²) >= 11 is 1.46. The van der Waals surface area contributed by atoms with E-state index >= 15 is 0 Å². The number of thiazole rings is 1. The Hall–Kier alpha value is -1.73. The second-order valence-electron chi connectivity index (χ2n) is 4.59. The molecule has 3 N–H and O–H groups in total. The Morgan fingerprint density at radius 1 is 1.43 bits per heavy atom. The maximum absolute atomic E-state index is 12.1. The lowest BCUT2D eigenvalue weighted by Gasteiger charge is -2.04. The third kappa shape index (κ3) is 3.68. The number of nitrogens with two attached hydrogens (primary N) is 1. The van der Waals surface area contributed by atoms with Crippen molar-refractivity contribution < 1.29 is 9.32 Å². The number of carbonyl (C=O) groups excluding carboxylic acids is 1. The lowest BCUT2D eigenvalue weighted by atomic mass is 10.1. The smallest absolute Gasteiger partial charge is 0.271 e. The molecule has 1 amide bonds. The zero-order valence-corrected chi connectivity index (χ0v) is 13.1. The summed E-state index contributed by atoms with van der Waals surface area (Å²) in [5.74, 6) is 0.647. The average Bonchev–Trinajstić information content (AvgIpc) is 3.11. The Labute approximate surface area is 127 Å². The molecule has 0 aromatic carbocycles. The third-order valence-electron chi connectivity index (χ3n) is 3.18. The summed E-state index contributed by atoms with van der Waals surface area (Å²) in [7, 11) is 0. The predicted molar refractivity (Wildman–Crippen MR) is 81.3 cm³/mol. The highest BCUT2D eigenvalue weighted by Gasteiger charge is 2.16. The van der Waals surface area contributed by atoms with Gasteiger partial charge in [0, 0.05) is 30.3 Å². The van der Waals surface area contributed by atoms with Crippen LogP contribution in [-0.4, -0.2) is 22.6 Å². The molecule has 0 aliphatic heterocycles. The first-order valence-corrected chi connectivity index (χ1v) is 7.96. The lowest BCUT2D eigenvalue weighted by Crippen LogP contribution is -2.24. The van der Waals surface area contributed by atoms with Gasteiger partial charge in [0.25, 0.3) is 5.91 Å².